The summed E-state index contributed by atoms with van der Waals surface area (Å²) in [7, 11) is 3.39. The Hall–Kier alpha value is -2.88. The fourth-order valence-corrected chi connectivity index (χ4v) is 3.92. The Morgan fingerprint density at radius 2 is 1.67 bits per heavy atom. The summed E-state index contributed by atoms with van der Waals surface area (Å²) in [6.45, 7) is 1.00. The molecule has 0 spiro atoms. The van der Waals surface area contributed by atoms with E-state index in [9.17, 15) is 0 Å². The molecule has 4 rings (SSSR count). The lowest BCUT2D eigenvalue weighted by molar-refractivity contribution is 0.390. The average molecular weight is 363 g/mol. The van der Waals surface area contributed by atoms with Crippen LogP contribution in [-0.2, 0) is 0 Å². The first-order chi connectivity index (χ1) is 13.3. The lowest BCUT2D eigenvalue weighted by Crippen LogP contribution is -2.33. The molecule has 1 aliphatic heterocycles. The highest BCUT2D eigenvalue weighted by Gasteiger charge is 2.28. The summed E-state index contributed by atoms with van der Waals surface area (Å²) in [5.74, 6) is 2.58. The van der Waals surface area contributed by atoms with E-state index in [0.717, 1.165) is 41.5 Å². The van der Waals surface area contributed by atoms with Crippen LogP contribution in [-0.4, -0.2) is 20.8 Å². The molecular formula is C23H25NO3. The number of hydrogen-bond donors (Lipinski definition) is 0. The number of piperidine rings is 1. The van der Waals surface area contributed by atoms with Crippen molar-refractivity contribution in [2.24, 2.45) is 0 Å². The molecule has 0 radical (unpaired) electrons. The number of hydrogen-bond acceptors (Lipinski definition) is 4. The first-order valence-corrected chi connectivity index (χ1v) is 9.42. The molecule has 4 nitrogen and oxygen atoms in total. The highest BCUT2D eigenvalue weighted by atomic mass is 16.5. The van der Waals surface area contributed by atoms with E-state index in [4.69, 9.17) is 13.9 Å². The van der Waals surface area contributed by atoms with Gasteiger partial charge < -0.3 is 18.8 Å². The lowest BCUT2D eigenvalue weighted by Gasteiger charge is -2.37. The molecule has 1 saturated heterocycles. The van der Waals surface area contributed by atoms with Crippen LogP contribution in [0.25, 0.3) is 11.3 Å². The van der Waals surface area contributed by atoms with Crippen molar-refractivity contribution < 1.29 is 13.9 Å². The largest absolute Gasteiger partial charge is 0.497 e. The topological polar surface area (TPSA) is 34.8 Å². The fraction of sp³-hybridized carbons (Fsp3) is 0.304. The van der Waals surface area contributed by atoms with Gasteiger partial charge in [0.1, 0.15) is 11.5 Å². The van der Waals surface area contributed by atoms with Gasteiger partial charge in [0.2, 0.25) is 0 Å². The molecule has 3 aromatic rings. The molecule has 140 valence electrons. The summed E-state index contributed by atoms with van der Waals surface area (Å²) in [5.41, 5.74) is 3.46. The molecule has 1 aliphatic rings. The summed E-state index contributed by atoms with van der Waals surface area (Å²) in [4.78, 5) is 2.46. The molecular weight excluding hydrogens is 338 g/mol. The van der Waals surface area contributed by atoms with Crippen molar-refractivity contribution in [2.75, 3.05) is 25.7 Å². The van der Waals surface area contributed by atoms with E-state index in [2.05, 4.69) is 35.2 Å². The number of nitrogens with zero attached hydrogens (tertiary/aromatic N) is 1. The Morgan fingerprint density at radius 1 is 0.926 bits per heavy atom. The molecule has 0 saturated carbocycles. The number of rotatable bonds is 5. The quantitative estimate of drug-likeness (QED) is 0.583. The summed E-state index contributed by atoms with van der Waals surface area (Å²) in [6.07, 6.45) is 5.27. The van der Waals surface area contributed by atoms with Crippen molar-refractivity contribution in [3.63, 3.8) is 0 Å². The van der Waals surface area contributed by atoms with E-state index in [0.29, 0.717) is 0 Å². The molecule has 0 N–H and O–H groups in total. The van der Waals surface area contributed by atoms with E-state index in [1.165, 1.54) is 18.4 Å². The van der Waals surface area contributed by atoms with Crippen LogP contribution < -0.4 is 14.4 Å². The van der Waals surface area contributed by atoms with Gasteiger partial charge in [0.25, 0.3) is 0 Å². The highest BCUT2D eigenvalue weighted by molar-refractivity contribution is 5.74. The van der Waals surface area contributed by atoms with E-state index in [1.54, 1.807) is 20.5 Å². The normalized spacial score (nSPS) is 17.0. The number of anilines is 1. The SMILES string of the molecule is COc1cc(OC)cc(C2CCCCN2c2ccoc2-c2ccccc2)c1. The summed E-state index contributed by atoms with van der Waals surface area (Å²) in [6, 6.07) is 18.8. The second-order valence-electron chi connectivity index (χ2n) is 6.85. The standard InChI is InChI=1S/C23H25NO3/c1-25-19-14-18(15-20(16-19)26-2)21-10-6-7-12-24(21)22-11-13-27-23(22)17-8-4-3-5-9-17/h3-5,8-9,11,13-16,21H,6-7,10,12H2,1-2H3. The van der Waals surface area contributed by atoms with Crippen LogP contribution in [0.5, 0.6) is 11.5 Å². The average Bonchev–Trinajstić information content (AvgIpc) is 3.23. The zero-order valence-electron chi connectivity index (χ0n) is 15.9. The molecule has 27 heavy (non-hydrogen) atoms. The van der Waals surface area contributed by atoms with Crippen molar-refractivity contribution in [3.05, 3.63) is 66.4 Å². The van der Waals surface area contributed by atoms with Crippen LogP contribution in [0.15, 0.2) is 65.3 Å². The fourth-order valence-electron chi connectivity index (χ4n) is 3.92. The van der Waals surface area contributed by atoms with Crippen LogP contribution >= 0.6 is 0 Å². The van der Waals surface area contributed by atoms with Crippen LogP contribution in [0.3, 0.4) is 0 Å². The van der Waals surface area contributed by atoms with Gasteiger partial charge in [-0.2, -0.15) is 0 Å². The van der Waals surface area contributed by atoms with Gasteiger partial charge in [-0.25, -0.2) is 0 Å². The molecule has 2 aromatic carbocycles. The minimum absolute atomic E-state index is 0.266. The van der Waals surface area contributed by atoms with Crippen molar-refractivity contribution in [1.82, 2.24) is 0 Å². The van der Waals surface area contributed by atoms with E-state index >= 15 is 0 Å². The van der Waals surface area contributed by atoms with Gasteiger partial charge in [-0.1, -0.05) is 30.3 Å². The Bertz CT molecular complexity index is 865. The molecule has 0 bridgehead atoms. The van der Waals surface area contributed by atoms with Gasteiger partial charge in [-0.05, 0) is 37.0 Å². The molecule has 1 unspecified atom stereocenters. The van der Waals surface area contributed by atoms with Crippen LogP contribution in [0.1, 0.15) is 30.9 Å². The minimum atomic E-state index is 0.266. The second-order valence-corrected chi connectivity index (χ2v) is 6.85. The maximum absolute atomic E-state index is 5.89. The lowest BCUT2D eigenvalue weighted by atomic mass is 9.94. The number of methoxy groups -OCH3 is 2. The van der Waals surface area contributed by atoms with Crippen LogP contribution in [0.4, 0.5) is 5.69 Å². The molecule has 1 atom stereocenters. The summed E-state index contributed by atoms with van der Waals surface area (Å²) in [5, 5.41) is 0. The van der Waals surface area contributed by atoms with Gasteiger partial charge in [0.15, 0.2) is 5.76 Å². The van der Waals surface area contributed by atoms with Gasteiger partial charge in [0, 0.05) is 24.2 Å². The molecule has 4 heteroatoms. The highest BCUT2D eigenvalue weighted by Crippen LogP contribution is 2.42. The first kappa shape index (κ1) is 17.5. The van der Waals surface area contributed by atoms with Gasteiger partial charge >= 0.3 is 0 Å². The zero-order valence-corrected chi connectivity index (χ0v) is 15.9. The Balaban J connectivity index is 1.74. The maximum atomic E-state index is 5.89. The monoisotopic (exact) mass is 363 g/mol. The van der Waals surface area contributed by atoms with Crippen molar-refractivity contribution in [1.29, 1.82) is 0 Å². The molecule has 0 aliphatic carbocycles. The van der Waals surface area contributed by atoms with Crippen molar-refractivity contribution in [3.8, 4) is 22.8 Å². The third-order valence-corrected chi connectivity index (χ3v) is 5.25. The predicted molar refractivity (Wildman–Crippen MR) is 108 cm³/mol. The third-order valence-electron chi connectivity index (χ3n) is 5.25. The number of benzene rings is 2. The predicted octanol–water partition coefficient (Wildman–Crippen LogP) is 5.70. The zero-order chi connectivity index (χ0) is 18.6. The van der Waals surface area contributed by atoms with Gasteiger partial charge in [0.05, 0.1) is 32.2 Å². The summed E-state index contributed by atoms with van der Waals surface area (Å²) >= 11 is 0. The second kappa shape index (κ2) is 7.78. The van der Waals surface area contributed by atoms with E-state index in [1.807, 2.05) is 24.3 Å². The molecule has 0 amide bonds. The van der Waals surface area contributed by atoms with Crippen LogP contribution in [0, 0.1) is 0 Å². The molecule has 1 aromatic heterocycles. The minimum Gasteiger partial charge on any atom is -0.497 e. The van der Waals surface area contributed by atoms with E-state index in [-0.39, 0.29) is 6.04 Å². The molecule has 1 fully saturated rings. The Labute approximate surface area is 160 Å². The first-order valence-electron chi connectivity index (χ1n) is 9.42. The van der Waals surface area contributed by atoms with Gasteiger partial charge in [-0.3, -0.25) is 0 Å². The van der Waals surface area contributed by atoms with Crippen molar-refractivity contribution >= 4 is 5.69 Å². The third kappa shape index (κ3) is 3.52. The number of furan rings is 1. The smallest absolute Gasteiger partial charge is 0.157 e. The van der Waals surface area contributed by atoms with Crippen LogP contribution in [0.2, 0.25) is 0 Å². The molecule has 2 heterocycles. The number of ether oxygens (including phenoxy) is 2. The van der Waals surface area contributed by atoms with E-state index < -0.39 is 0 Å². The summed E-state index contributed by atoms with van der Waals surface area (Å²) < 4.78 is 16.9. The Kier molecular flexibility index (Phi) is 5.05. The van der Waals surface area contributed by atoms with Crippen molar-refractivity contribution in [2.45, 2.75) is 25.3 Å². The maximum Gasteiger partial charge on any atom is 0.157 e. The Morgan fingerprint density at radius 3 is 2.37 bits per heavy atom. The van der Waals surface area contributed by atoms with Gasteiger partial charge in [-0.15, -0.1) is 0 Å².